The number of imidazole rings is 1. The number of morpholine rings is 1. The maximum atomic E-state index is 5.51. The van der Waals surface area contributed by atoms with Crippen molar-refractivity contribution >= 4 is 0 Å². The second kappa shape index (κ2) is 7.25. The summed E-state index contributed by atoms with van der Waals surface area (Å²) in [6.07, 6.45) is 0. The van der Waals surface area contributed by atoms with Gasteiger partial charge in [-0.1, -0.05) is 30.3 Å². The number of aromatic nitrogens is 2. The first kappa shape index (κ1) is 16.2. The van der Waals surface area contributed by atoms with E-state index in [9.17, 15) is 0 Å². The van der Waals surface area contributed by atoms with Crippen LogP contribution in [-0.4, -0.2) is 54.3 Å². The smallest absolute Gasteiger partial charge is 0.140 e. The first-order valence-electron chi connectivity index (χ1n) is 8.27. The molecular weight excluding hydrogens is 288 g/mol. The van der Waals surface area contributed by atoms with Gasteiger partial charge in [0.25, 0.3) is 0 Å². The summed E-state index contributed by atoms with van der Waals surface area (Å²) in [7, 11) is 4.14. The predicted octanol–water partition coefficient (Wildman–Crippen LogP) is 1.99. The molecular formula is C18H26N4O. The van der Waals surface area contributed by atoms with Crippen molar-refractivity contribution in [1.29, 1.82) is 0 Å². The van der Waals surface area contributed by atoms with Crippen LogP contribution < -0.4 is 5.32 Å². The van der Waals surface area contributed by atoms with E-state index >= 15 is 0 Å². The molecule has 2 aromatic rings. The average molecular weight is 314 g/mol. The highest BCUT2D eigenvalue weighted by molar-refractivity contribution is 5.56. The van der Waals surface area contributed by atoms with E-state index in [1.54, 1.807) is 0 Å². The van der Waals surface area contributed by atoms with Crippen LogP contribution in [0.15, 0.2) is 30.3 Å². The third-order valence-corrected chi connectivity index (χ3v) is 4.55. The number of aryl methyl sites for hydroxylation is 1. The van der Waals surface area contributed by atoms with Crippen LogP contribution in [0.3, 0.4) is 0 Å². The van der Waals surface area contributed by atoms with Crippen molar-refractivity contribution < 1.29 is 4.74 Å². The fourth-order valence-corrected chi connectivity index (χ4v) is 3.44. The monoisotopic (exact) mass is 314 g/mol. The van der Waals surface area contributed by atoms with E-state index in [4.69, 9.17) is 9.72 Å². The second-order valence-electron chi connectivity index (χ2n) is 6.05. The molecule has 0 spiro atoms. The number of hydrogen-bond acceptors (Lipinski definition) is 4. The maximum Gasteiger partial charge on any atom is 0.140 e. The van der Waals surface area contributed by atoms with Gasteiger partial charge in [-0.2, -0.15) is 0 Å². The van der Waals surface area contributed by atoms with E-state index < -0.39 is 0 Å². The van der Waals surface area contributed by atoms with Gasteiger partial charge >= 0.3 is 0 Å². The molecule has 1 fully saturated rings. The lowest BCUT2D eigenvalue weighted by Crippen LogP contribution is -2.43. The molecule has 23 heavy (non-hydrogen) atoms. The lowest BCUT2D eigenvalue weighted by atomic mass is 10.1. The molecule has 1 aliphatic rings. The van der Waals surface area contributed by atoms with Gasteiger partial charge in [-0.15, -0.1) is 0 Å². The highest BCUT2D eigenvalue weighted by Gasteiger charge is 2.27. The standard InChI is InChI=1S/C18H26N4O/c1-14-17(16(13-19-2)22-9-11-23-12-10-22)21(3)18(20-14)15-7-5-4-6-8-15/h4-8,16,19H,9-13H2,1-3H3. The topological polar surface area (TPSA) is 42.3 Å². The van der Waals surface area contributed by atoms with Gasteiger partial charge in [0.1, 0.15) is 5.82 Å². The Morgan fingerprint density at radius 1 is 1.22 bits per heavy atom. The van der Waals surface area contributed by atoms with Crippen LogP contribution in [0.25, 0.3) is 11.4 Å². The molecule has 0 amide bonds. The number of hydrogen-bond donors (Lipinski definition) is 1. The highest BCUT2D eigenvalue weighted by atomic mass is 16.5. The van der Waals surface area contributed by atoms with Crippen LogP contribution in [0.5, 0.6) is 0 Å². The zero-order chi connectivity index (χ0) is 16.2. The fraction of sp³-hybridized carbons (Fsp3) is 0.500. The summed E-state index contributed by atoms with van der Waals surface area (Å²) in [5.41, 5.74) is 3.56. The van der Waals surface area contributed by atoms with Crippen molar-refractivity contribution in [2.45, 2.75) is 13.0 Å². The minimum Gasteiger partial charge on any atom is -0.379 e. The van der Waals surface area contributed by atoms with Gasteiger partial charge in [0.2, 0.25) is 0 Å². The molecule has 2 heterocycles. The van der Waals surface area contributed by atoms with E-state index in [2.05, 4.69) is 53.0 Å². The molecule has 1 atom stereocenters. The van der Waals surface area contributed by atoms with Gasteiger partial charge in [0, 0.05) is 32.2 Å². The molecule has 1 unspecified atom stereocenters. The Morgan fingerprint density at radius 3 is 2.57 bits per heavy atom. The normalized spacial score (nSPS) is 17.3. The Kier molecular flexibility index (Phi) is 5.10. The van der Waals surface area contributed by atoms with Crippen LogP contribution in [0.4, 0.5) is 0 Å². The lowest BCUT2D eigenvalue weighted by Gasteiger charge is -2.35. The van der Waals surface area contributed by atoms with Gasteiger partial charge in [-0.3, -0.25) is 4.90 Å². The SMILES string of the molecule is CNCC(c1c(C)nc(-c2ccccc2)n1C)N1CCOCC1. The Labute approximate surface area is 138 Å². The largest absolute Gasteiger partial charge is 0.379 e. The first-order chi connectivity index (χ1) is 11.2. The van der Waals surface area contributed by atoms with Crippen molar-refractivity contribution in [2.24, 2.45) is 7.05 Å². The van der Waals surface area contributed by atoms with Crippen molar-refractivity contribution in [1.82, 2.24) is 19.8 Å². The van der Waals surface area contributed by atoms with Gasteiger partial charge in [0.05, 0.1) is 30.6 Å². The minimum absolute atomic E-state index is 0.318. The van der Waals surface area contributed by atoms with Crippen molar-refractivity contribution in [3.63, 3.8) is 0 Å². The molecule has 1 saturated heterocycles. The highest BCUT2D eigenvalue weighted by Crippen LogP contribution is 2.28. The molecule has 3 rings (SSSR count). The number of nitrogens with one attached hydrogen (secondary N) is 1. The van der Waals surface area contributed by atoms with E-state index in [1.165, 1.54) is 5.69 Å². The number of benzene rings is 1. The summed E-state index contributed by atoms with van der Waals surface area (Å²) in [5, 5.41) is 3.34. The number of likely N-dealkylation sites (N-methyl/N-ethyl adjacent to an activating group) is 1. The molecule has 0 bridgehead atoms. The van der Waals surface area contributed by atoms with E-state index in [-0.39, 0.29) is 0 Å². The van der Waals surface area contributed by atoms with E-state index in [0.29, 0.717) is 6.04 Å². The number of ether oxygens (including phenoxy) is 1. The average Bonchev–Trinajstić information content (AvgIpc) is 2.89. The summed E-state index contributed by atoms with van der Waals surface area (Å²) in [4.78, 5) is 7.35. The molecule has 1 N–H and O–H groups in total. The number of nitrogens with zero attached hydrogens (tertiary/aromatic N) is 3. The van der Waals surface area contributed by atoms with Gasteiger partial charge < -0.3 is 14.6 Å². The first-order valence-corrected chi connectivity index (χ1v) is 8.27. The van der Waals surface area contributed by atoms with Gasteiger partial charge in [-0.25, -0.2) is 4.98 Å². The summed E-state index contributed by atoms with van der Waals surface area (Å²) in [6, 6.07) is 10.7. The van der Waals surface area contributed by atoms with Gasteiger partial charge in [0.15, 0.2) is 0 Å². The summed E-state index contributed by atoms with van der Waals surface area (Å²) < 4.78 is 7.77. The molecule has 0 radical (unpaired) electrons. The van der Waals surface area contributed by atoms with E-state index in [1.807, 2.05) is 13.1 Å². The Morgan fingerprint density at radius 2 is 1.91 bits per heavy atom. The fourth-order valence-electron chi connectivity index (χ4n) is 3.44. The Bertz CT molecular complexity index is 632. The van der Waals surface area contributed by atoms with Crippen molar-refractivity contribution in [2.75, 3.05) is 39.9 Å². The summed E-state index contributed by atoms with van der Waals surface area (Å²) in [6.45, 7) is 6.58. The molecule has 5 nitrogen and oxygen atoms in total. The van der Waals surface area contributed by atoms with Crippen molar-refractivity contribution in [3.8, 4) is 11.4 Å². The molecule has 1 aromatic heterocycles. The second-order valence-corrected chi connectivity index (χ2v) is 6.05. The third kappa shape index (κ3) is 3.32. The molecule has 1 aliphatic heterocycles. The Balaban J connectivity index is 1.98. The zero-order valence-electron chi connectivity index (χ0n) is 14.2. The van der Waals surface area contributed by atoms with Crippen LogP contribution in [0, 0.1) is 6.92 Å². The number of rotatable bonds is 5. The molecule has 124 valence electrons. The van der Waals surface area contributed by atoms with Crippen LogP contribution in [0.2, 0.25) is 0 Å². The predicted molar refractivity (Wildman–Crippen MR) is 92.4 cm³/mol. The molecule has 0 saturated carbocycles. The quantitative estimate of drug-likeness (QED) is 0.916. The molecule has 1 aromatic carbocycles. The zero-order valence-corrected chi connectivity index (χ0v) is 14.2. The van der Waals surface area contributed by atoms with E-state index in [0.717, 1.165) is 49.9 Å². The molecule has 0 aliphatic carbocycles. The maximum absolute atomic E-state index is 5.51. The van der Waals surface area contributed by atoms with Crippen LogP contribution >= 0.6 is 0 Å². The molecule has 5 heteroatoms. The third-order valence-electron chi connectivity index (χ3n) is 4.55. The van der Waals surface area contributed by atoms with Crippen molar-refractivity contribution in [3.05, 3.63) is 41.7 Å². The lowest BCUT2D eigenvalue weighted by molar-refractivity contribution is 0.0150. The van der Waals surface area contributed by atoms with Crippen LogP contribution in [-0.2, 0) is 11.8 Å². The van der Waals surface area contributed by atoms with Crippen LogP contribution in [0.1, 0.15) is 17.4 Å². The minimum atomic E-state index is 0.318. The Hall–Kier alpha value is -1.69. The summed E-state index contributed by atoms with van der Waals surface area (Å²) in [5.74, 6) is 1.03. The van der Waals surface area contributed by atoms with Gasteiger partial charge in [-0.05, 0) is 14.0 Å². The summed E-state index contributed by atoms with van der Waals surface area (Å²) >= 11 is 0.